The molecule has 0 saturated carbocycles. The van der Waals surface area contributed by atoms with Crippen LogP contribution >= 0.6 is 0 Å². The van der Waals surface area contributed by atoms with Gasteiger partial charge in [0, 0.05) is 16.8 Å². The van der Waals surface area contributed by atoms with Crippen LogP contribution < -0.4 is 20.2 Å². The number of benzene rings is 3. The van der Waals surface area contributed by atoms with Crippen molar-refractivity contribution >= 4 is 23.7 Å². The molecule has 0 bridgehead atoms. The summed E-state index contributed by atoms with van der Waals surface area (Å²) >= 11 is 0. The van der Waals surface area contributed by atoms with Crippen LogP contribution in [0.4, 0.5) is 5.69 Å². The fourth-order valence-corrected chi connectivity index (χ4v) is 2.91. The van der Waals surface area contributed by atoms with Gasteiger partial charge in [0.2, 0.25) is 0 Å². The smallest absolute Gasteiger partial charge is 0.271 e. The zero-order chi connectivity index (χ0) is 22.9. The third-order valence-corrected chi connectivity index (χ3v) is 4.65. The monoisotopic (exact) mass is 431 g/mol. The fraction of sp³-hybridized carbons (Fsp3) is 0.160. The lowest BCUT2D eigenvalue weighted by Gasteiger charge is -2.11. The molecule has 2 amide bonds. The summed E-state index contributed by atoms with van der Waals surface area (Å²) < 4.78 is 10.8. The highest BCUT2D eigenvalue weighted by Crippen LogP contribution is 2.18. The molecular formula is C25H25N3O4. The van der Waals surface area contributed by atoms with Crippen LogP contribution in [0, 0.1) is 13.8 Å². The van der Waals surface area contributed by atoms with Gasteiger partial charge >= 0.3 is 0 Å². The number of hydrogen-bond acceptors (Lipinski definition) is 5. The van der Waals surface area contributed by atoms with Gasteiger partial charge in [-0.3, -0.25) is 9.59 Å². The number of rotatable bonds is 8. The largest absolute Gasteiger partial charge is 0.497 e. The number of aryl methyl sites for hydroxylation is 2. The van der Waals surface area contributed by atoms with E-state index in [4.69, 9.17) is 9.47 Å². The Balaban J connectivity index is 1.59. The highest BCUT2D eigenvalue weighted by atomic mass is 16.5. The maximum Gasteiger partial charge on any atom is 0.271 e. The summed E-state index contributed by atoms with van der Waals surface area (Å²) in [4.78, 5) is 24.6. The van der Waals surface area contributed by atoms with Gasteiger partial charge in [0.15, 0.2) is 6.61 Å². The van der Waals surface area contributed by atoms with Crippen molar-refractivity contribution in [2.24, 2.45) is 5.10 Å². The molecular weight excluding hydrogens is 406 g/mol. The van der Waals surface area contributed by atoms with Gasteiger partial charge in [-0.25, -0.2) is 5.43 Å². The first-order valence-corrected chi connectivity index (χ1v) is 10.0. The summed E-state index contributed by atoms with van der Waals surface area (Å²) in [6.45, 7) is 3.74. The Morgan fingerprint density at radius 2 is 1.81 bits per heavy atom. The maximum atomic E-state index is 12.3. The lowest BCUT2D eigenvalue weighted by molar-refractivity contribution is -0.118. The van der Waals surface area contributed by atoms with Gasteiger partial charge in [0.05, 0.1) is 13.3 Å². The molecule has 0 aliphatic heterocycles. The number of hydrazone groups is 1. The zero-order valence-corrected chi connectivity index (χ0v) is 18.2. The van der Waals surface area contributed by atoms with Crippen molar-refractivity contribution in [3.05, 3.63) is 89.0 Å². The van der Waals surface area contributed by atoms with E-state index in [1.54, 1.807) is 42.5 Å². The van der Waals surface area contributed by atoms with Crippen molar-refractivity contribution in [2.45, 2.75) is 13.8 Å². The summed E-state index contributed by atoms with van der Waals surface area (Å²) in [5, 5.41) is 6.87. The minimum atomic E-state index is -0.369. The van der Waals surface area contributed by atoms with Crippen LogP contribution in [0.2, 0.25) is 0 Å². The standard InChI is InChI=1S/C25H25N3O4/c1-17-11-12-18(2)22(13-17)27-24(29)16-32-23-10-5-4-7-20(23)15-26-28-25(30)19-8-6-9-21(14-19)31-3/h4-15H,16H2,1-3H3,(H,27,29)(H,28,30)/b26-15+. The van der Waals surface area contributed by atoms with Crippen molar-refractivity contribution in [3.8, 4) is 11.5 Å². The Hall–Kier alpha value is -4.13. The Labute approximate surface area is 187 Å². The van der Waals surface area contributed by atoms with E-state index in [2.05, 4.69) is 15.8 Å². The number of methoxy groups -OCH3 is 1. The molecule has 3 aromatic carbocycles. The van der Waals surface area contributed by atoms with Gasteiger partial charge < -0.3 is 14.8 Å². The normalized spacial score (nSPS) is 10.6. The maximum absolute atomic E-state index is 12.3. The molecule has 0 atom stereocenters. The SMILES string of the molecule is COc1cccc(C(=O)N/N=C/c2ccccc2OCC(=O)Nc2cc(C)ccc2C)c1. The van der Waals surface area contributed by atoms with Gasteiger partial charge in [-0.15, -0.1) is 0 Å². The Morgan fingerprint density at radius 1 is 1.00 bits per heavy atom. The highest BCUT2D eigenvalue weighted by Gasteiger charge is 2.09. The minimum Gasteiger partial charge on any atom is -0.497 e. The van der Waals surface area contributed by atoms with Crippen LogP contribution in [-0.4, -0.2) is 31.7 Å². The summed E-state index contributed by atoms with van der Waals surface area (Å²) in [7, 11) is 1.54. The molecule has 0 saturated heterocycles. The molecule has 164 valence electrons. The van der Waals surface area contributed by atoms with E-state index in [1.165, 1.54) is 13.3 Å². The van der Waals surface area contributed by atoms with Crippen LogP contribution in [0.3, 0.4) is 0 Å². The molecule has 0 fully saturated rings. The number of nitrogens with one attached hydrogen (secondary N) is 2. The van der Waals surface area contributed by atoms with Gasteiger partial charge in [0.1, 0.15) is 11.5 Å². The van der Waals surface area contributed by atoms with E-state index in [0.717, 1.165) is 16.8 Å². The molecule has 0 heterocycles. The minimum absolute atomic E-state index is 0.158. The van der Waals surface area contributed by atoms with Gasteiger partial charge in [-0.2, -0.15) is 5.10 Å². The number of anilines is 1. The first kappa shape index (κ1) is 22.6. The number of amides is 2. The highest BCUT2D eigenvalue weighted by molar-refractivity contribution is 5.95. The van der Waals surface area contributed by atoms with Crippen molar-refractivity contribution in [2.75, 3.05) is 19.0 Å². The number of nitrogens with zero attached hydrogens (tertiary/aromatic N) is 1. The van der Waals surface area contributed by atoms with E-state index in [1.807, 2.05) is 38.1 Å². The van der Waals surface area contributed by atoms with E-state index in [9.17, 15) is 9.59 Å². The second kappa shape index (κ2) is 10.8. The van der Waals surface area contributed by atoms with Gasteiger partial charge in [-0.05, 0) is 61.4 Å². The zero-order valence-electron chi connectivity index (χ0n) is 18.2. The van der Waals surface area contributed by atoms with Crippen LogP contribution in [0.5, 0.6) is 11.5 Å². The first-order chi connectivity index (χ1) is 15.5. The van der Waals surface area contributed by atoms with Gasteiger partial charge in [-0.1, -0.05) is 30.3 Å². The Kier molecular flexibility index (Phi) is 7.59. The number of carbonyl (C=O) groups excluding carboxylic acids is 2. The Morgan fingerprint density at radius 3 is 2.62 bits per heavy atom. The number of carbonyl (C=O) groups is 2. The third kappa shape index (κ3) is 6.18. The van der Waals surface area contributed by atoms with E-state index in [-0.39, 0.29) is 18.4 Å². The molecule has 3 rings (SSSR count). The molecule has 3 aromatic rings. The molecule has 2 N–H and O–H groups in total. The van der Waals surface area contributed by atoms with Crippen molar-refractivity contribution in [3.63, 3.8) is 0 Å². The predicted octanol–water partition coefficient (Wildman–Crippen LogP) is 4.09. The lowest BCUT2D eigenvalue weighted by atomic mass is 10.1. The van der Waals surface area contributed by atoms with E-state index >= 15 is 0 Å². The summed E-state index contributed by atoms with van der Waals surface area (Å²) in [5.74, 6) is 0.422. The molecule has 7 nitrogen and oxygen atoms in total. The van der Waals surface area contributed by atoms with E-state index < -0.39 is 0 Å². The fourth-order valence-electron chi connectivity index (χ4n) is 2.91. The molecule has 0 unspecified atom stereocenters. The molecule has 0 spiro atoms. The molecule has 0 aliphatic rings. The summed E-state index contributed by atoms with van der Waals surface area (Å²) in [6.07, 6.45) is 1.47. The molecule has 7 heteroatoms. The van der Waals surface area contributed by atoms with Crippen molar-refractivity contribution < 1.29 is 19.1 Å². The van der Waals surface area contributed by atoms with Crippen LogP contribution in [0.1, 0.15) is 27.0 Å². The average molecular weight is 431 g/mol. The number of para-hydroxylation sites is 1. The van der Waals surface area contributed by atoms with Crippen LogP contribution in [-0.2, 0) is 4.79 Å². The quantitative estimate of drug-likeness (QED) is 0.415. The Bertz CT molecular complexity index is 1140. The van der Waals surface area contributed by atoms with Crippen LogP contribution in [0.15, 0.2) is 71.8 Å². The third-order valence-electron chi connectivity index (χ3n) is 4.65. The molecule has 0 aliphatic carbocycles. The average Bonchev–Trinajstić information content (AvgIpc) is 2.80. The second-order valence-corrected chi connectivity index (χ2v) is 7.12. The topological polar surface area (TPSA) is 89.0 Å². The summed E-state index contributed by atoms with van der Waals surface area (Å²) in [6, 6.07) is 19.7. The van der Waals surface area contributed by atoms with Crippen LogP contribution in [0.25, 0.3) is 0 Å². The lowest BCUT2D eigenvalue weighted by Crippen LogP contribution is -2.21. The first-order valence-electron chi connectivity index (χ1n) is 10.0. The molecule has 32 heavy (non-hydrogen) atoms. The van der Waals surface area contributed by atoms with E-state index in [0.29, 0.717) is 22.6 Å². The van der Waals surface area contributed by atoms with Gasteiger partial charge in [0.25, 0.3) is 11.8 Å². The second-order valence-electron chi connectivity index (χ2n) is 7.12. The number of ether oxygens (including phenoxy) is 2. The number of hydrogen-bond donors (Lipinski definition) is 2. The molecule has 0 aromatic heterocycles. The van der Waals surface area contributed by atoms with Crippen molar-refractivity contribution in [1.82, 2.24) is 5.43 Å². The summed E-state index contributed by atoms with van der Waals surface area (Å²) in [5.41, 5.74) is 6.32. The van der Waals surface area contributed by atoms with Crippen molar-refractivity contribution in [1.29, 1.82) is 0 Å². The molecule has 0 radical (unpaired) electrons. The predicted molar refractivity (Wildman–Crippen MR) is 125 cm³/mol.